The predicted molar refractivity (Wildman–Crippen MR) is 79.9 cm³/mol. The van der Waals surface area contributed by atoms with Crippen molar-refractivity contribution < 1.29 is 19.0 Å². The van der Waals surface area contributed by atoms with E-state index in [9.17, 15) is 14.3 Å². The number of ether oxygens (including phenoxy) is 1. The Balaban J connectivity index is 2.56. The smallest absolute Gasteiger partial charge is 0.407 e. The Kier molecular flexibility index (Phi) is 6.42. The molecular weight excluding hydrogens is 297 g/mol. The predicted octanol–water partition coefficient (Wildman–Crippen LogP) is 3.15. The molecule has 0 fully saturated rings. The number of carbonyl (C=O) groups is 1. The highest BCUT2D eigenvalue weighted by Gasteiger charge is 2.18. The van der Waals surface area contributed by atoms with Crippen LogP contribution in [-0.4, -0.2) is 30.0 Å². The molecule has 1 aromatic rings. The van der Waals surface area contributed by atoms with Crippen molar-refractivity contribution in [2.45, 2.75) is 32.8 Å². The van der Waals surface area contributed by atoms with E-state index in [4.69, 9.17) is 16.3 Å². The lowest BCUT2D eigenvalue weighted by molar-refractivity contribution is 0.0512. The number of rotatable bonds is 5. The molecule has 0 saturated carbocycles. The maximum absolute atomic E-state index is 13.8. The molecule has 0 aliphatic rings. The van der Waals surface area contributed by atoms with Crippen LogP contribution in [0.5, 0.6) is 0 Å². The fraction of sp³-hybridized carbons (Fsp3) is 0.533. The van der Waals surface area contributed by atoms with E-state index in [1.165, 1.54) is 6.07 Å². The van der Waals surface area contributed by atoms with Gasteiger partial charge in [-0.2, -0.15) is 0 Å². The molecule has 1 amide bonds. The second-order valence-electron chi connectivity index (χ2n) is 5.85. The topological polar surface area (TPSA) is 58.6 Å². The zero-order valence-electron chi connectivity index (χ0n) is 12.5. The molecule has 1 rings (SSSR count). The average molecular weight is 318 g/mol. The molecule has 6 heteroatoms. The van der Waals surface area contributed by atoms with Gasteiger partial charge in [0.15, 0.2) is 0 Å². The van der Waals surface area contributed by atoms with E-state index in [0.717, 1.165) is 0 Å². The van der Waals surface area contributed by atoms with E-state index >= 15 is 0 Å². The summed E-state index contributed by atoms with van der Waals surface area (Å²) < 4.78 is 18.9. The van der Waals surface area contributed by atoms with Crippen LogP contribution < -0.4 is 5.32 Å². The van der Waals surface area contributed by atoms with Gasteiger partial charge in [0.05, 0.1) is 5.02 Å². The van der Waals surface area contributed by atoms with Crippen LogP contribution in [0.2, 0.25) is 5.02 Å². The third kappa shape index (κ3) is 6.31. The van der Waals surface area contributed by atoms with Gasteiger partial charge in [-0.05, 0) is 38.8 Å². The van der Waals surface area contributed by atoms with Crippen LogP contribution in [0.3, 0.4) is 0 Å². The minimum atomic E-state index is -0.585. The molecule has 4 nitrogen and oxygen atoms in total. The maximum Gasteiger partial charge on any atom is 0.407 e. The molecule has 0 saturated heterocycles. The van der Waals surface area contributed by atoms with Gasteiger partial charge in [-0.15, -0.1) is 0 Å². The van der Waals surface area contributed by atoms with Gasteiger partial charge in [0.2, 0.25) is 0 Å². The fourth-order valence-corrected chi connectivity index (χ4v) is 1.95. The molecule has 2 N–H and O–H groups in total. The SMILES string of the molecule is CC(C)(C)OC(=O)NCC(CO)Cc1cccc(Cl)c1F. The van der Waals surface area contributed by atoms with Crippen molar-refractivity contribution in [3.8, 4) is 0 Å². The Morgan fingerprint density at radius 3 is 2.71 bits per heavy atom. The normalized spacial score (nSPS) is 12.9. The van der Waals surface area contributed by atoms with Crippen molar-refractivity contribution in [2.24, 2.45) is 5.92 Å². The van der Waals surface area contributed by atoms with E-state index < -0.39 is 17.5 Å². The van der Waals surface area contributed by atoms with Gasteiger partial charge in [-0.25, -0.2) is 9.18 Å². The molecule has 21 heavy (non-hydrogen) atoms. The molecule has 0 bridgehead atoms. The van der Waals surface area contributed by atoms with Crippen molar-refractivity contribution >= 4 is 17.7 Å². The van der Waals surface area contributed by atoms with Gasteiger partial charge >= 0.3 is 6.09 Å². The van der Waals surface area contributed by atoms with Gasteiger partial charge in [0, 0.05) is 19.1 Å². The summed E-state index contributed by atoms with van der Waals surface area (Å²) in [6.07, 6.45) is -0.286. The first-order chi connectivity index (χ1) is 9.73. The minimum Gasteiger partial charge on any atom is -0.444 e. The van der Waals surface area contributed by atoms with E-state index in [1.54, 1.807) is 32.9 Å². The van der Waals surface area contributed by atoms with Crippen LogP contribution in [0.15, 0.2) is 18.2 Å². The van der Waals surface area contributed by atoms with Crippen molar-refractivity contribution in [3.63, 3.8) is 0 Å². The highest BCUT2D eigenvalue weighted by atomic mass is 35.5. The lowest BCUT2D eigenvalue weighted by Gasteiger charge is -2.21. The monoisotopic (exact) mass is 317 g/mol. The number of carbonyl (C=O) groups excluding carboxylic acids is 1. The third-order valence-electron chi connectivity index (χ3n) is 2.73. The fourth-order valence-electron chi connectivity index (χ4n) is 1.76. The molecular formula is C15H21ClFNO3. The minimum absolute atomic E-state index is 0.0456. The standard InChI is InChI=1S/C15H21ClFNO3/c1-15(2,3)21-14(20)18-8-10(9-19)7-11-5-4-6-12(16)13(11)17/h4-6,10,19H,7-9H2,1-3H3,(H,18,20). The number of alkyl carbamates (subject to hydrolysis) is 1. The Hall–Kier alpha value is -1.33. The summed E-state index contributed by atoms with van der Waals surface area (Å²) in [6, 6.07) is 4.72. The molecule has 118 valence electrons. The molecule has 1 unspecified atom stereocenters. The first-order valence-corrected chi connectivity index (χ1v) is 7.11. The summed E-state index contributed by atoms with van der Waals surface area (Å²) in [5, 5.41) is 12.0. The first-order valence-electron chi connectivity index (χ1n) is 6.73. The van der Waals surface area contributed by atoms with Crippen LogP contribution in [0, 0.1) is 11.7 Å². The molecule has 0 spiro atoms. The number of aliphatic hydroxyl groups excluding tert-OH is 1. The van der Waals surface area contributed by atoms with Gasteiger partial charge in [-0.1, -0.05) is 23.7 Å². The molecule has 0 aliphatic heterocycles. The van der Waals surface area contributed by atoms with E-state index in [2.05, 4.69) is 5.32 Å². The van der Waals surface area contributed by atoms with Gasteiger partial charge < -0.3 is 15.2 Å². The highest BCUT2D eigenvalue weighted by Crippen LogP contribution is 2.20. The lowest BCUT2D eigenvalue weighted by atomic mass is 9.99. The zero-order chi connectivity index (χ0) is 16.0. The van der Waals surface area contributed by atoms with Crippen LogP contribution in [-0.2, 0) is 11.2 Å². The second-order valence-corrected chi connectivity index (χ2v) is 6.26. The molecule has 0 radical (unpaired) electrons. The molecule has 0 heterocycles. The molecule has 1 aromatic carbocycles. The van der Waals surface area contributed by atoms with E-state index in [-0.39, 0.29) is 30.5 Å². The number of nitrogens with one attached hydrogen (secondary N) is 1. The van der Waals surface area contributed by atoms with Crippen LogP contribution in [0.25, 0.3) is 0 Å². The van der Waals surface area contributed by atoms with Crippen molar-refractivity contribution in [2.75, 3.05) is 13.2 Å². The van der Waals surface area contributed by atoms with Gasteiger partial charge in [0.25, 0.3) is 0 Å². The number of hydrogen-bond donors (Lipinski definition) is 2. The van der Waals surface area contributed by atoms with Gasteiger partial charge in [-0.3, -0.25) is 0 Å². The highest BCUT2D eigenvalue weighted by molar-refractivity contribution is 6.30. The summed E-state index contributed by atoms with van der Waals surface area (Å²) in [5.41, 5.74) is -0.176. The molecule has 0 aromatic heterocycles. The van der Waals surface area contributed by atoms with Crippen LogP contribution >= 0.6 is 11.6 Å². The quantitative estimate of drug-likeness (QED) is 0.877. The molecule has 0 aliphatic carbocycles. The number of benzene rings is 1. The third-order valence-corrected chi connectivity index (χ3v) is 3.02. The van der Waals surface area contributed by atoms with Crippen LogP contribution in [0.4, 0.5) is 9.18 Å². The first kappa shape index (κ1) is 17.7. The van der Waals surface area contributed by atoms with E-state index in [1.807, 2.05) is 0 Å². The van der Waals surface area contributed by atoms with E-state index in [0.29, 0.717) is 5.56 Å². The van der Waals surface area contributed by atoms with Crippen molar-refractivity contribution in [1.29, 1.82) is 0 Å². The number of aliphatic hydroxyl groups is 1. The molecule has 1 atom stereocenters. The number of amides is 1. The summed E-state index contributed by atoms with van der Waals surface area (Å²) in [4.78, 5) is 11.5. The largest absolute Gasteiger partial charge is 0.444 e. The summed E-state index contributed by atoms with van der Waals surface area (Å²) in [7, 11) is 0. The van der Waals surface area contributed by atoms with Gasteiger partial charge in [0.1, 0.15) is 11.4 Å². The van der Waals surface area contributed by atoms with Crippen LogP contribution in [0.1, 0.15) is 26.3 Å². The second kappa shape index (κ2) is 7.61. The van der Waals surface area contributed by atoms with Crippen molar-refractivity contribution in [1.82, 2.24) is 5.32 Å². The Morgan fingerprint density at radius 1 is 1.48 bits per heavy atom. The summed E-state index contributed by atoms with van der Waals surface area (Å²) >= 11 is 5.71. The maximum atomic E-state index is 13.8. The lowest BCUT2D eigenvalue weighted by Crippen LogP contribution is -2.36. The zero-order valence-corrected chi connectivity index (χ0v) is 13.2. The number of halogens is 2. The van der Waals surface area contributed by atoms with Crippen molar-refractivity contribution in [3.05, 3.63) is 34.6 Å². The number of hydrogen-bond acceptors (Lipinski definition) is 3. The Labute approximate surface area is 129 Å². The Bertz CT molecular complexity index is 488. The summed E-state index contributed by atoms with van der Waals surface area (Å²) in [6.45, 7) is 5.30. The average Bonchev–Trinajstić information content (AvgIpc) is 2.37. The Morgan fingerprint density at radius 2 is 2.14 bits per heavy atom. The summed E-state index contributed by atoms with van der Waals surface area (Å²) in [5.74, 6) is -0.805.